The van der Waals surface area contributed by atoms with Crippen LogP contribution < -0.4 is 5.32 Å². The van der Waals surface area contributed by atoms with Gasteiger partial charge in [-0.2, -0.15) is 0 Å². The van der Waals surface area contributed by atoms with Crippen LogP contribution in [-0.4, -0.2) is 32.6 Å². The molecule has 2 unspecified atom stereocenters. The smallest absolute Gasteiger partial charge is 0.337 e. The van der Waals surface area contributed by atoms with Gasteiger partial charge in [0.15, 0.2) is 5.11 Å². The third kappa shape index (κ3) is 4.21. The van der Waals surface area contributed by atoms with Crippen LogP contribution in [0.3, 0.4) is 0 Å². The predicted molar refractivity (Wildman–Crippen MR) is 136 cm³/mol. The van der Waals surface area contributed by atoms with Crippen LogP contribution in [-0.2, 0) is 11.3 Å². The highest BCUT2D eigenvalue weighted by molar-refractivity contribution is 7.80. The minimum absolute atomic E-state index is 0.0863. The summed E-state index contributed by atoms with van der Waals surface area (Å²) in [6.07, 6.45) is 3.48. The van der Waals surface area contributed by atoms with Crippen LogP contribution in [0.4, 0.5) is 0 Å². The molecule has 2 atom stereocenters. The number of nitrogens with zero attached hydrogens (tertiary/aromatic N) is 3. The number of thiocarbonyl (C=S) groups is 1. The van der Waals surface area contributed by atoms with Crippen LogP contribution in [0.5, 0.6) is 0 Å². The molecule has 1 saturated heterocycles. The first-order valence-electron chi connectivity index (χ1n) is 11.4. The van der Waals surface area contributed by atoms with Gasteiger partial charge in [-0.15, -0.1) is 0 Å². The predicted octanol–water partition coefficient (Wildman–Crippen LogP) is 5.04. The molecule has 0 spiro atoms. The van der Waals surface area contributed by atoms with Gasteiger partial charge in [0.25, 0.3) is 0 Å². The lowest BCUT2D eigenvalue weighted by Crippen LogP contribution is -2.29. The minimum atomic E-state index is -0.351. The highest BCUT2D eigenvalue weighted by Crippen LogP contribution is 2.42. The van der Waals surface area contributed by atoms with Crippen molar-refractivity contribution in [3.8, 4) is 5.69 Å². The number of aromatic nitrogens is 2. The van der Waals surface area contributed by atoms with Gasteiger partial charge in [-0.1, -0.05) is 6.07 Å². The van der Waals surface area contributed by atoms with Crippen LogP contribution >= 0.6 is 12.2 Å². The molecule has 0 saturated carbocycles. The second-order valence-electron chi connectivity index (χ2n) is 8.53. The summed E-state index contributed by atoms with van der Waals surface area (Å²) in [4.78, 5) is 18.7. The monoisotopic (exact) mass is 486 g/mol. The topological polar surface area (TPSA) is 72.5 Å². The Hall–Kier alpha value is -3.91. The number of esters is 1. The molecule has 1 fully saturated rings. The first-order chi connectivity index (χ1) is 17.0. The highest BCUT2D eigenvalue weighted by atomic mass is 32.1. The van der Waals surface area contributed by atoms with Gasteiger partial charge < -0.3 is 23.9 Å². The molecular weight excluding hydrogens is 460 g/mol. The van der Waals surface area contributed by atoms with Gasteiger partial charge in [0.2, 0.25) is 0 Å². The molecule has 0 aliphatic carbocycles. The molecule has 4 aromatic rings. The molecule has 1 aliphatic rings. The number of nitrogens with one attached hydrogen (secondary N) is 1. The SMILES string of the molecule is COC(=O)c1ccc(-n2c(C)cc(C3C(c4ccccn4)NC(=S)N3Cc3ccco3)c2C)cc1. The van der Waals surface area contributed by atoms with Crippen molar-refractivity contribution in [2.75, 3.05) is 7.11 Å². The zero-order valence-corrected chi connectivity index (χ0v) is 20.6. The van der Waals surface area contributed by atoms with Crippen molar-refractivity contribution in [2.24, 2.45) is 0 Å². The molecule has 8 heteroatoms. The quantitative estimate of drug-likeness (QED) is 0.302. The van der Waals surface area contributed by atoms with E-state index in [9.17, 15) is 4.79 Å². The summed E-state index contributed by atoms with van der Waals surface area (Å²) in [7, 11) is 1.38. The Balaban J connectivity index is 1.58. The lowest BCUT2D eigenvalue weighted by molar-refractivity contribution is 0.0600. The third-order valence-corrected chi connectivity index (χ3v) is 6.79. The number of benzene rings is 1. The first kappa shape index (κ1) is 22.9. The molecule has 3 aromatic heterocycles. The van der Waals surface area contributed by atoms with E-state index in [1.807, 2.05) is 42.5 Å². The van der Waals surface area contributed by atoms with Gasteiger partial charge >= 0.3 is 5.97 Å². The first-order valence-corrected chi connectivity index (χ1v) is 11.8. The van der Waals surface area contributed by atoms with Gasteiger partial charge in [-0.05, 0) is 86.2 Å². The number of furan rings is 1. The van der Waals surface area contributed by atoms with Crippen LogP contribution in [0.15, 0.2) is 77.5 Å². The highest BCUT2D eigenvalue weighted by Gasteiger charge is 2.41. The van der Waals surface area contributed by atoms with Crippen LogP contribution in [0.2, 0.25) is 0 Å². The summed E-state index contributed by atoms with van der Waals surface area (Å²) in [5, 5.41) is 4.16. The standard InChI is InChI=1S/C27H26N4O3S/c1-17-15-22(18(2)31(17)20-11-9-19(10-12-20)26(32)33-3)25-24(23-8-4-5-13-28-23)29-27(35)30(25)16-21-7-6-14-34-21/h4-15,24-25H,16H2,1-3H3,(H,29,35). The van der Waals surface area contributed by atoms with Gasteiger partial charge in [-0.25, -0.2) is 4.79 Å². The summed E-state index contributed by atoms with van der Waals surface area (Å²) in [5.74, 6) is 0.489. The molecule has 0 radical (unpaired) electrons. The third-order valence-electron chi connectivity index (χ3n) is 6.44. The zero-order valence-electron chi connectivity index (χ0n) is 19.8. The number of ether oxygens (including phenoxy) is 1. The molecule has 35 heavy (non-hydrogen) atoms. The fraction of sp³-hybridized carbons (Fsp3) is 0.222. The number of aryl methyl sites for hydroxylation is 1. The average molecular weight is 487 g/mol. The van der Waals surface area contributed by atoms with Crippen LogP contribution in [0, 0.1) is 13.8 Å². The average Bonchev–Trinajstić information content (AvgIpc) is 3.58. The number of pyridine rings is 1. The normalized spacial score (nSPS) is 17.5. The number of methoxy groups -OCH3 is 1. The number of hydrogen-bond acceptors (Lipinski definition) is 5. The van der Waals surface area contributed by atoms with E-state index in [0.717, 1.165) is 34.1 Å². The Morgan fingerprint density at radius 2 is 1.94 bits per heavy atom. The van der Waals surface area contributed by atoms with Crippen LogP contribution in [0.25, 0.3) is 5.69 Å². The summed E-state index contributed by atoms with van der Waals surface area (Å²) < 4.78 is 12.7. The van der Waals surface area contributed by atoms with E-state index >= 15 is 0 Å². The van der Waals surface area contributed by atoms with E-state index in [1.54, 1.807) is 24.6 Å². The van der Waals surface area contributed by atoms with Gasteiger partial charge in [0.05, 0.1) is 43.3 Å². The van der Waals surface area contributed by atoms with Crippen molar-refractivity contribution in [1.29, 1.82) is 0 Å². The lowest BCUT2D eigenvalue weighted by Gasteiger charge is -2.27. The Bertz CT molecular complexity index is 1350. The van der Waals surface area contributed by atoms with E-state index in [1.165, 1.54) is 7.11 Å². The molecule has 0 bridgehead atoms. The molecule has 0 amide bonds. The molecule has 7 nitrogen and oxygen atoms in total. The maximum absolute atomic E-state index is 11.9. The summed E-state index contributed by atoms with van der Waals surface area (Å²) in [6.45, 7) is 4.74. The van der Waals surface area contributed by atoms with E-state index in [-0.39, 0.29) is 18.1 Å². The fourth-order valence-corrected chi connectivity index (χ4v) is 5.14. The van der Waals surface area contributed by atoms with Crippen molar-refractivity contribution >= 4 is 23.3 Å². The van der Waals surface area contributed by atoms with Crippen molar-refractivity contribution in [3.63, 3.8) is 0 Å². The Morgan fingerprint density at radius 3 is 2.60 bits per heavy atom. The van der Waals surface area contributed by atoms with Crippen molar-refractivity contribution < 1.29 is 13.9 Å². The maximum atomic E-state index is 11.9. The number of carbonyl (C=O) groups is 1. The van der Waals surface area contributed by atoms with Gasteiger partial charge in [0.1, 0.15) is 5.76 Å². The fourth-order valence-electron chi connectivity index (χ4n) is 4.83. The zero-order chi connectivity index (χ0) is 24.5. The Kier molecular flexibility index (Phi) is 6.13. The second-order valence-corrected chi connectivity index (χ2v) is 8.92. The number of carbonyl (C=O) groups excluding carboxylic acids is 1. The van der Waals surface area contributed by atoms with Gasteiger partial charge in [0, 0.05) is 23.3 Å². The molecule has 1 aromatic carbocycles. The number of hydrogen-bond donors (Lipinski definition) is 1. The maximum Gasteiger partial charge on any atom is 0.337 e. The summed E-state index contributed by atoms with van der Waals surface area (Å²) >= 11 is 5.79. The Morgan fingerprint density at radius 1 is 1.14 bits per heavy atom. The number of rotatable bonds is 6. The van der Waals surface area contributed by atoms with Crippen molar-refractivity contribution in [3.05, 3.63) is 107 Å². The molecule has 5 rings (SSSR count). The molecule has 1 aliphatic heterocycles. The molecule has 4 heterocycles. The van der Waals surface area contributed by atoms with Crippen molar-refractivity contribution in [1.82, 2.24) is 19.8 Å². The second kappa shape index (κ2) is 9.38. The molecule has 178 valence electrons. The van der Waals surface area contributed by atoms with E-state index in [4.69, 9.17) is 21.4 Å². The lowest BCUT2D eigenvalue weighted by atomic mass is 9.96. The van der Waals surface area contributed by atoms with Crippen LogP contribution in [0.1, 0.15) is 50.8 Å². The van der Waals surface area contributed by atoms with E-state index in [2.05, 4.69) is 39.7 Å². The minimum Gasteiger partial charge on any atom is -0.467 e. The summed E-state index contributed by atoms with van der Waals surface area (Å²) in [5.41, 5.74) is 5.74. The Labute approximate surface area is 209 Å². The molecular formula is C27H26N4O3S. The van der Waals surface area contributed by atoms with Gasteiger partial charge in [-0.3, -0.25) is 4.98 Å². The summed E-state index contributed by atoms with van der Waals surface area (Å²) in [6, 6.07) is 19.2. The van der Waals surface area contributed by atoms with Crippen molar-refractivity contribution in [2.45, 2.75) is 32.5 Å². The molecule has 1 N–H and O–H groups in total. The van der Waals surface area contributed by atoms with E-state index in [0.29, 0.717) is 17.2 Å². The largest absolute Gasteiger partial charge is 0.467 e. The van der Waals surface area contributed by atoms with E-state index < -0.39 is 0 Å².